The quantitative estimate of drug-likeness (QED) is 0.501. The normalized spacial score (nSPS) is 17.3. The highest BCUT2D eigenvalue weighted by molar-refractivity contribution is 6.08. The lowest BCUT2D eigenvalue weighted by Gasteiger charge is -2.43. The van der Waals surface area contributed by atoms with E-state index in [1.165, 1.54) is 16.7 Å². The maximum absolute atomic E-state index is 14.6. The van der Waals surface area contributed by atoms with Gasteiger partial charge in [0.15, 0.2) is 0 Å². The first-order chi connectivity index (χ1) is 18.4. The number of carboxylic acid groups (broad SMARTS) is 1. The van der Waals surface area contributed by atoms with E-state index in [-0.39, 0.29) is 12.5 Å². The second-order valence-corrected chi connectivity index (χ2v) is 10.6. The molecule has 1 N–H and O–H groups in total. The molecule has 3 aromatic carbocycles. The first kappa shape index (κ1) is 27.5. The first-order valence-electron chi connectivity index (χ1n) is 12.6. The number of ether oxygens (including phenoxy) is 1. The molecule has 0 bridgehead atoms. The fourth-order valence-corrected chi connectivity index (χ4v) is 5.46. The van der Waals surface area contributed by atoms with Crippen LogP contribution in [-0.4, -0.2) is 52.6 Å². The summed E-state index contributed by atoms with van der Waals surface area (Å²) in [4.78, 5) is 44.3. The minimum atomic E-state index is -1.28. The minimum Gasteiger partial charge on any atom is -0.496 e. The van der Waals surface area contributed by atoms with E-state index in [0.717, 1.165) is 21.2 Å². The lowest BCUT2D eigenvalue weighted by atomic mass is 9.97. The predicted octanol–water partition coefficient (Wildman–Crippen LogP) is 5.16. The highest BCUT2D eigenvalue weighted by Gasteiger charge is 2.48. The van der Waals surface area contributed by atoms with E-state index in [4.69, 9.17) is 4.74 Å². The Kier molecular flexibility index (Phi) is 7.25. The van der Waals surface area contributed by atoms with Gasteiger partial charge in [0.2, 0.25) is 5.91 Å². The molecule has 0 aliphatic carbocycles. The second-order valence-electron chi connectivity index (χ2n) is 10.6. The third-order valence-electron chi connectivity index (χ3n) is 7.12. The number of hydrogen-bond donors (Lipinski definition) is 1. The molecule has 0 fully saturated rings. The Morgan fingerprint density at radius 1 is 1.10 bits per heavy atom. The van der Waals surface area contributed by atoms with Crippen LogP contribution in [0.1, 0.15) is 45.7 Å². The lowest BCUT2D eigenvalue weighted by molar-refractivity contribution is -0.126. The van der Waals surface area contributed by atoms with E-state index in [1.54, 1.807) is 53.0 Å². The Bertz CT molecular complexity index is 1500. The Hall–Kier alpha value is -4.58. The zero-order valence-corrected chi connectivity index (χ0v) is 22.9. The van der Waals surface area contributed by atoms with Gasteiger partial charge in [0, 0.05) is 18.0 Å². The molecule has 0 saturated carbocycles. The van der Waals surface area contributed by atoms with E-state index in [2.05, 4.69) is 6.07 Å². The molecule has 9 nitrogen and oxygen atoms in total. The molecule has 3 amide bonds. The average molecular weight is 529 g/mol. The van der Waals surface area contributed by atoms with Crippen LogP contribution in [0, 0.1) is 11.3 Å². The van der Waals surface area contributed by atoms with E-state index in [0.29, 0.717) is 22.7 Å². The zero-order valence-electron chi connectivity index (χ0n) is 22.9. The van der Waals surface area contributed by atoms with Gasteiger partial charge in [-0.25, -0.2) is 4.79 Å². The summed E-state index contributed by atoms with van der Waals surface area (Å²) in [6.07, 6.45) is -1.28. The van der Waals surface area contributed by atoms with Gasteiger partial charge in [-0.1, -0.05) is 30.3 Å². The van der Waals surface area contributed by atoms with Crippen molar-refractivity contribution in [1.29, 1.82) is 5.26 Å². The van der Waals surface area contributed by atoms with Crippen molar-refractivity contribution in [3.63, 3.8) is 0 Å². The van der Waals surface area contributed by atoms with Crippen LogP contribution < -0.4 is 14.5 Å². The van der Waals surface area contributed by atoms with Gasteiger partial charge in [-0.2, -0.15) is 5.26 Å². The molecule has 0 unspecified atom stereocenters. The molecule has 0 saturated heterocycles. The highest BCUT2D eigenvalue weighted by atomic mass is 16.5. The van der Waals surface area contributed by atoms with Gasteiger partial charge in [-0.3, -0.25) is 14.5 Å². The molecule has 4 rings (SSSR count). The molecule has 39 heavy (non-hydrogen) atoms. The topological polar surface area (TPSA) is 114 Å². The minimum absolute atomic E-state index is 0.0504. The van der Waals surface area contributed by atoms with Crippen molar-refractivity contribution in [2.45, 2.75) is 58.8 Å². The third-order valence-corrected chi connectivity index (χ3v) is 7.12. The summed E-state index contributed by atoms with van der Waals surface area (Å²) >= 11 is 0. The molecule has 2 atom stereocenters. The van der Waals surface area contributed by atoms with Crippen LogP contribution in [0.5, 0.6) is 5.75 Å². The number of nitriles is 1. The highest BCUT2D eigenvalue weighted by Crippen LogP contribution is 2.41. The molecule has 1 heterocycles. The molecule has 1 aliphatic rings. The maximum Gasteiger partial charge on any atom is 0.408 e. The fraction of sp³-hybridized carbons (Fsp3) is 0.333. The van der Waals surface area contributed by atoms with Crippen molar-refractivity contribution in [3.05, 3.63) is 65.7 Å². The van der Waals surface area contributed by atoms with Crippen molar-refractivity contribution in [2.24, 2.45) is 0 Å². The van der Waals surface area contributed by atoms with Gasteiger partial charge in [0.25, 0.3) is 5.91 Å². The number of hydrogen-bond acceptors (Lipinski definition) is 5. The number of rotatable bonds is 4. The second kappa shape index (κ2) is 10.3. The fourth-order valence-electron chi connectivity index (χ4n) is 5.46. The Labute approximate surface area is 227 Å². The Morgan fingerprint density at radius 2 is 1.79 bits per heavy atom. The van der Waals surface area contributed by atoms with Crippen LogP contribution in [-0.2, 0) is 16.1 Å². The number of amides is 3. The van der Waals surface area contributed by atoms with Crippen LogP contribution >= 0.6 is 0 Å². The molecule has 1 aliphatic heterocycles. The Balaban J connectivity index is 2.03. The standard InChI is InChI=1S/C30H32N4O5/c1-18-27(34(29(37)38)30(3,4)5)28(36)32(24-13-11-20(16-31)15-25(24)33(18)19(2)35)17-23-22-10-8-7-9-21(22)12-14-26(23)39-6/h7-15,18,27H,17H2,1-6H3,(H,37,38)/t18-,27-/m0/s1. The molecular weight excluding hydrogens is 496 g/mol. The summed E-state index contributed by atoms with van der Waals surface area (Å²) in [5.41, 5.74) is 0.854. The van der Waals surface area contributed by atoms with E-state index < -0.39 is 29.6 Å². The predicted molar refractivity (Wildman–Crippen MR) is 149 cm³/mol. The van der Waals surface area contributed by atoms with Crippen LogP contribution in [0.25, 0.3) is 10.8 Å². The summed E-state index contributed by atoms with van der Waals surface area (Å²) < 4.78 is 5.68. The van der Waals surface area contributed by atoms with E-state index in [1.807, 2.05) is 36.4 Å². The van der Waals surface area contributed by atoms with Crippen LogP contribution in [0.2, 0.25) is 0 Å². The van der Waals surface area contributed by atoms with Gasteiger partial charge >= 0.3 is 6.09 Å². The first-order valence-corrected chi connectivity index (χ1v) is 12.6. The van der Waals surface area contributed by atoms with Gasteiger partial charge in [0.1, 0.15) is 11.8 Å². The number of benzene rings is 3. The summed E-state index contributed by atoms with van der Waals surface area (Å²) in [6.45, 7) is 8.22. The summed E-state index contributed by atoms with van der Waals surface area (Å²) in [5.74, 6) is -0.287. The number of carbonyl (C=O) groups excluding carboxylic acids is 2. The van der Waals surface area contributed by atoms with Crippen molar-refractivity contribution in [2.75, 3.05) is 16.9 Å². The molecule has 3 aromatic rings. The molecular formula is C30H32N4O5. The summed E-state index contributed by atoms with van der Waals surface area (Å²) in [6, 6.07) is 16.3. The number of fused-ring (bicyclic) bond motifs is 2. The van der Waals surface area contributed by atoms with Crippen molar-refractivity contribution >= 4 is 40.1 Å². The average Bonchev–Trinajstić information content (AvgIpc) is 2.96. The summed E-state index contributed by atoms with van der Waals surface area (Å²) in [5, 5.41) is 21.8. The van der Waals surface area contributed by atoms with Gasteiger partial charge < -0.3 is 19.6 Å². The Morgan fingerprint density at radius 3 is 2.38 bits per heavy atom. The van der Waals surface area contributed by atoms with Gasteiger partial charge in [-0.05, 0) is 62.7 Å². The van der Waals surface area contributed by atoms with Gasteiger partial charge in [-0.15, -0.1) is 0 Å². The molecule has 0 radical (unpaired) electrons. The number of carbonyl (C=O) groups is 3. The molecule has 202 valence electrons. The number of nitrogens with zero attached hydrogens (tertiary/aromatic N) is 4. The van der Waals surface area contributed by atoms with Crippen molar-refractivity contribution in [1.82, 2.24) is 4.90 Å². The molecule has 0 aromatic heterocycles. The number of anilines is 2. The maximum atomic E-state index is 14.6. The van der Waals surface area contributed by atoms with Crippen molar-refractivity contribution in [3.8, 4) is 11.8 Å². The zero-order chi connectivity index (χ0) is 28.6. The largest absolute Gasteiger partial charge is 0.496 e. The number of methoxy groups -OCH3 is 1. The molecule has 9 heteroatoms. The van der Waals surface area contributed by atoms with Crippen LogP contribution in [0.3, 0.4) is 0 Å². The van der Waals surface area contributed by atoms with Crippen LogP contribution in [0.4, 0.5) is 16.2 Å². The van der Waals surface area contributed by atoms with Crippen LogP contribution in [0.15, 0.2) is 54.6 Å². The van der Waals surface area contributed by atoms with Crippen molar-refractivity contribution < 1.29 is 24.2 Å². The smallest absolute Gasteiger partial charge is 0.408 e. The third kappa shape index (κ3) is 4.86. The monoisotopic (exact) mass is 528 g/mol. The molecule has 0 spiro atoms. The SMILES string of the molecule is COc1ccc2ccccc2c1CN1C(=O)[C@@H](N(C(=O)O)C(C)(C)C)[C@H](C)N(C(C)=O)c2cc(C#N)ccc21. The van der Waals surface area contributed by atoms with E-state index >= 15 is 0 Å². The summed E-state index contributed by atoms with van der Waals surface area (Å²) in [7, 11) is 1.55. The van der Waals surface area contributed by atoms with Gasteiger partial charge in [0.05, 0.1) is 42.7 Å². The lowest BCUT2D eigenvalue weighted by Crippen LogP contribution is -2.63. The van der Waals surface area contributed by atoms with E-state index in [9.17, 15) is 24.8 Å².